The van der Waals surface area contributed by atoms with Gasteiger partial charge in [0.25, 0.3) is 0 Å². The number of hydrogen-bond donors (Lipinski definition) is 1. The van der Waals surface area contributed by atoms with Crippen molar-refractivity contribution in [3.8, 4) is 0 Å². The van der Waals surface area contributed by atoms with Gasteiger partial charge in [0.05, 0.1) is 11.4 Å². The zero-order valence-corrected chi connectivity index (χ0v) is 16.7. The Bertz CT molecular complexity index is 1080. The first-order valence-electron chi connectivity index (χ1n) is 9.27. The van der Waals surface area contributed by atoms with Crippen molar-refractivity contribution in [1.82, 2.24) is 9.97 Å². The van der Waals surface area contributed by atoms with E-state index in [4.69, 9.17) is 21.6 Å². The molecule has 0 bridgehead atoms. The molecular weight excluding hydrogens is 389 g/mol. The summed E-state index contributed by atoms with van der Waals surface area (Å²) < 4.78 is 13.4. The van der Waals surface area contributed by atoms with Crippen LogP contribution in [-0.2, 0) is 0 Å². The number of anilines is 1. The highest BCUT2D eigenvalue weighted by Gasteiger charge is 2.26. The third-order valence-electron chi connectivity index (χ3n) is 4.33. The van der Waals surface area contributed by atoms with E-state index in [1.165, 1.54) is 12.1 Å². The number of nitrogens with zero attached hydrogens (tertiary/aromatic N) is 4. The summed E-state index contributed by atoms with van der Waals surface area (Å²) in [5.74, 6) is 0.221. The molecule has 2 heterocycles. The van der Waals surface area contributed by atoms with Crippen LogP contribution in [0.3, 0.4) is 0 Å². The van der Waals surface area contributed by atoms with Crippen LogP contribution in [0.5, 0.6) is 0 Å². The number of hydrogen-bond acceptors (Lipinski definition) is 5. The quantitative estimate of drug-likeness (QED) is 0.641. The molecule has 0 fully saturated rings. The number of nitrogens with one attached hydrogen (secondary N) is 1. The Morgan fingerprint density at radius 3 is 2.31 bits per heavy atom. The average Bonchev–Trinajstić information content (AvgIpc) is 3.14. The molecule has 4 rings (SSSR count). The molecule has 3 aromatic rings. The van der Waals surface area contributed by atoms with Crippen LogP contribution in [0.25, 0.3) is 0 Å². The van der Waals surface area contributed by atoms with Gasteiger partial charge in [-0.05, 0) is 61.9 Å². The molecule has 1 aromatic heterocycles. The molecule has 1 N–H and O–H groups in total. The van der Waals surface area contributed by atoms with Gasteiger partial charge in [-0.3, -0.25) is 4.99 Å². The van der Waals surface area contributed by atoms with E-state index in [9.17, 15) is 4.39 Å². The lowest BCUT2D eigenvalue weighted by atomic mass is 10.0. The van der Waals surface area contributed by atoms with Crippen molar-refractivity contribution >= 4 is 29.0 Å². The molecule has 1 unspecified atom stereocenters. The molecule has 0 aliphatic carbocycles. The van der Waals surface area contributed by atoms with E-state index in [1.807, 2.05) is 38.1 Å². The van der Waals surface area contributed by atoms with Crippen LogP contribution >= 0.6 is 11.6 Å². The highest BCUT2D eigenvalue weighted by molar-refractivity contribution is 6.54. The average molecular weight is 408 g/mol. The summed E-state index contributed by atoms with van der Waals surface area (Å²) >= 11 is 6.01. The number of aromatic nitrogens is 2. The summed E-state index contributed by atoms with van der Waals surface area (Å²) in [6, 6.07) is 15.6. The van der Waals surface area contributed by atoms with Gasteiger partial charge in [-0.15, -0.1) is 0 Å². The molecule has 0 radical (unpaired) electrons. The minimum atomic E-state index is -0.418. The van der Waals surface area contributed by atoms with Crippen molar-refractivity contribution in [3.05, 3.63) is 88.5 Å². The molecule has 7 heteroatoms. The molecule has 0 saturated carbocycles. The fourth-order valence-electron chi connectivity index (χ4n) is 3.00. The van der Waals surface area contributed by atoms with Crippen molar-refractivity contribution in [3.63, 3.8) is 0 Å². The second-order valence-corrected chi connectivity index (χ2v) is 7.39. The number of rotatable bonds is 5. The normalized spacial score (nSPS) is 16.0. The highest BCUT2D eigenvalue weighted by Crippen LogP contribution is 2.29. The predicted molar refractivity (Wildman–Crippen MR) is 114 cm³/mol. The van der Waals surface area contributed by atoms with Gasteiger partial charge >= 0.3 is 0 Å². The monoisotopic (exact) mass is 407 g/mol. The maximum absolute atomic E-state index is 13.4. The Kier molecular flexibility index (Phi) is 5.36. The van der Waals surface area contributed by atoms with Crippen LogP contribution in [0.4, 0.5) is 10.3 Å². The molecule has 2 aromatic carbocycles. The van der Waals surface area contributed by atoms with Gasteiger partial charge in [-0.1, -0.05) is 23.7 Å². The van der Waals surface area contributed by atoms with Crippen LogP contribution in [0.15, 0.2) is 70.8 Å². The summed E-state index contributed by atoms with van der Waals surface area (Å²) in [4.78, 5) is 18.5. The van der Waals surface area contributed by atoms with E-state index in [2.05, 4.69) is 15.3 Å². The topological polar surface area (TPSA) is 62.5 Å². The Hall–Kier alpha value is -3.12. The van der Waals surface area contributed by atoms with Crippen molar-refractivity contribution in [2.24, 2.45) is 9.98 Å². The molecule has 5 nitrogen and oxygen atoms in total. The first-order chi connectivity index (χ1) is 14.0. The predicted octanol–water partition coefficient (Wildman–Crippen LogP) is 5.08. The van der Waals surface area contributed by atoms with E-state index < -0.39 is 6.17 Å². The zero-order valence-electron chi connectivity index (χ0n) is 16.0. The Morgan fingerprint density at radius 2 is 1.62 bits per heavy atom. The Labute approximate surface area is 173 Å². The van der Waals surface area contributed by atoms with Gasteiger partial charge in [0, 0.05) is 22.8 Å². The van der Waals surface area contributed by atoms with Crippen LogP contribution in [0, 0.1) is 5.82 Å². The number of halogens is 2. The van der Waals surface area contributed by atoms with Crippen LogP contribution in [0.2, 0.25) is 5.02 Å². The van der Waals surface area contributed by atoms with Crippen LogP contribution in [0.1, 0.15) is 36.8 Å². The maximum atomic E-state index is 13.4. The van der Waals surface area contributed by atoms with E-state index in [0.29, 0.717) is 28.1 Å². The smallest absolute Gasteiger partial charge is 0.223 e. The Balaban J connectivity index is 1.78. The number of benzene rings is 2. The zero-order chi connectivity index (χ0) is 20.4. The molecule has 0 spiro atoms. The lowest BCUT2D eigenvalue weighted by Crippen LogP contribution is -2.18. The molecular formula is C22H19ClFN5. The largest absolute Gasteiger partial charge is 0.352 e. The summed E-state index contributed by atoms with van der Waals surface area (Å²) in [5, 5.41) is 3.85. The highest BCUT2D eigenvalue weighted by atomic mass is 35.5. The Morgan fingerprint density at radius 1 is 0.931 bits per heavy atom. The standard InChI is InChI=1S/C22H19ClFN5/c1-13(2)26-22-25-12-11-18(27-22)20-19(14-5-9-17(24)10-6-14)28-21(29-20)15-3-7-16(23)8-4-15/h3-13,21H,1-2H3,(H,25,26,27). The van der Waals surface area contributed by atoms with Crippen molar-refractivity contribution in [1.29, 1.82) is 0 Å². The van der Waals surface area contributed by atoms with Gasteiger partial charge in [-0.25, -0.2) is 19.4 Å². The second-order valence-electron chi connectivity index (χ2n) is 6.95. The fourth-order valence-corrected chi connectivity index (χ4v) is 3.13. The third kappa shape index (κ3) is 4.32. The van der Waals surface area contributed by atoms with Crippen LogP contribution < -0.4 is 5.32 Å². The molecule has 1 aliphatic rings. The van der Waals surface area contributed by atoms with E-state index >= 15 is 0 Å². The molecule has 1 atom stereocenters. The van der Waals surface area contributed by atoms with E-state index in [1.54, 1.807) is 24.4 Å². The van der Waals surface area contributed by atoms with Crippen molar-refractivity contribution < 1.29 is 4.39 Å². The van der Waals surface area contributed by atoms with Gasteiger partial charge in [-0.2, -0.15) is 0 Å². The summed E-state index contributed by atoms with van der Waals surface area (Å²) in [5.41, 5.74) is 3.66. The lowest BCUT2D eigenvalue weighted by molar-refractivity contribution is 0.628. The maximum Gasteiger partial charge on any atom is 0.223 e. The van der Waals surface area contributed by atoms with Gasteiger partial charge in [0.1, 0.15) is 11.5 Å². The first kappa shape index (κ1) is 19.2. The summed E-state index contributed by atoms with van der Waals surface area (Å²) in [6.07, 6.45) is 1.27. The molecule has 0 amide bonds. The van der Waals surface area contributed by atoms with Gasteiger partial charge in [0.2, 0.25) is 5.95 Å². The lowest BCUT2D eigenvalue weighted by Gasteiger charge is -2.10. The van der Waals surface area contributed by atoms with Crippen molar-refractivity contribution in [2.75, 3.05) is 5.32 Å². The van der Waals surface area contributed by atoms with Crippen molar-refractivity contribution in [2.45, 2.75) is 26.1 Å². The minimum Gasteiger partial charge on any atom is -0.352 e. The van der Waals surface area contributed by atoms with E-state index in [0.717, 1.165) is 11.1 Å². The van der Waals surface area contributed by atoms with E-state index in [-0.39, 0.29) is 11.9 Å². The molecule has 29 heavy (non-hydrogen) atoms. The SMILES string of the molecule is CC(C)Nc1nccc(C2=NC(c3ccc(Cl)cc3)N=C2c2ccc(F)cc2)n1. The summed E-state index contributed by atoms with van der Waals surface area (Å²) in [6.45, 7) is 4.04. The second kappa shape index (κ2) is 8.09. The summed E-state index contributed by atoms with van der Waals surface area (Å²) in [7, 11) is 0. The fraction of sp³-hybridized carbons (Fsp3) is 0.182. The van der Waals surface area contributed by atoms with Crippen LogP contribution in [-0.4, -0.2) is 27.4 Å². The minimum absolute atomic E-state index is 0.197. The van der Waals surface area contributed by atoms with Gasteiger partial charge in [0.15, 0.2) is 6.17 Å². The molecule has 1 aliphatic heterocycles. The number of aliphatic imine (C=N–C) groups is 2. The van der Waals surface area contributed by atoms with Gasteiger partial charge < -0.3 is 5.32 Å². The third-order valence-corrected chi connectivity index (χ3v) is 4.58. The molecule has 146 valence electrons. The first-order valence-corrected chi connectivity index (χ1v) is 9.65. The molecule has 0 saturated heterocycles.